The van der Waals surface area contributed by atoms with Crippen molar-refractivity contribution in [3.8, 4) is 0 Å². The highest BCUT2D eigenvalue weighted by Crippen LogP contribution is 2.38. The average molecular weight is 247 g/mol. The Morgan fingerprint density at radius 3 is 2.33 bits per heavy atom. The van der Waals surface area contributed by atoms with Crippen molar-refractivity contribution in [1.29, 1.82) is 0 Å². The lowest BCUT2D eigenvalue weighted by Gasteiger charge is -2.20. The van der Waals surface area contributed by atoms with E-state index >= 15 is 0 Å². The first-order chi connectivity index (χ1) is 8.76. The highest BCUT2D eigenvalue weighted by molar-refractivity contribution is 5.92. The SMILES string of the molecule is CCCN(CCC)C(=O)c1ccc(C2CC2)nn1. The number of hydrogen-bond donors (Lipinski definition) is 0. The van der Waals surface area contributed by atoms with Gasteiger partial charge in [0, 0.05) is 19.0 Å². The normalized spacial score (nSPS) is 14.6. The summed E-state index contributed by atoms with van der Waals surface area (Å²) in [5.74, 6) is 0.595. The molecule has 0 atom stereocenters. The Morgan fingerprint density at radius 1 is 1.22 bits per heavy atom. The molecule has 4 heteroatoms. The quantitative estimate of drug-likeness (QED) is 0.776. The molecular weight excluding hydrogens is 226 g/mol. The van der Waals surface area contributed by atoms with Crippen molar-refractivity contribution in [1.82, 2.24) is 15.1 Å². The summed E-state index contributed by atoms with van der Waals surface area (Å²) in [5, 5.41) is 8.25. The Bertz CT molecular complexity index is 392. The average Bonchev–Trinajstić information content (AvgIpc) is 3.22. The van der Waals surface area contributed by atoms with Crippen molar-refractivity contribution in [2.24, 2.45) is 0 Å². The highest BCUT2D eigenvalue weighted by Gasteiger charge is 2.26. The molecule has 1 aliphatic rings. The van der Waals surface area contributed by atoms with Crippen molar-refractivity contribution in [2.45, 2.75) is 45.4 Å². The van der Waals surface area contributed by atoms with E-state index in [1.165, 1.54) is 12.8 Å². The zero-order chi connectivity index (χ0) is 13.0. The Kier molecular flexibility index (Phi) is 4.28. The van der Waals surface area contributed by atoms with Crippen LogP contribution in [-0.2, 0) is 0 Å². The lowest BCUT2D eigenvalue weighted by Crippen LogP contribution is -2.33. The maximum absolute atomic E-state index is 12.2. The van der Waals surface area contributed by atoms with E-state index in [0.29, 0.717) is 11.6 Å². The molecule has 1 aromatic rings. The van der Waals surface area contributed by atoms with E-state index in [9.17, 15) is 4.79 Å². The zero-order valence-corrected chi connectivity index (χ0v) is 11.2. The molecule has 1 saturated carbocycles. The third-order valence-electron chi connectivity index (χ3n) is 3.17. The van der Waals surface area contributed by atoms with Crippen molar-refractivity contribution in [3.63, 3.8) is 0 Å². The first-order valence-corrected chi connectivity index (χ1v) is 6.89. The molecule has 1 aromatic heterocycles. The van der Waals surface area contributed by atoms with Gasteiger partial charge in [0.1, 0.15) is 0 Å². The standard InChI is InChI=1S/C14H21N3O/c1-3-9-17(10-4-2)14(18)13-8-7-12(15-16-13)11-5-6-11/h7-8,11H,3-6,9-10H2,1-2H3. The van der Waals surface area contributed by atoms with Crippen LogP contribution in [0.4, 0.5) is 0 Å². The summed E-state index contributed by atoms with van der Waals surface area (Å²) in [6.07, 6.45) is 4.36. The molecule has 1 aliphatic carbocycles. The number of nitrogens with zero attached hydrogens (tertiary/aromatic N) is 3. The molecule has 18 heavy (non-hydrogen) atoms. The van der Waals surface area contributed by atoms with Crippen LogP contribution in [0.5, 0.6) is 0 Å². The van der Waals surface area contributed by atoms with Crippen LogP contribution in [0, 0.1) is 0 Å². The number of carbonyl (C=O) groups is 1. The van der Waals surface area contributed by atoms with E-state index in [1.54, 1.807) is 0 Å². The molecule has 1 amide bonds. The van der Waals surface area contributed by atoms with Crippen LogP contribution in [0.2, 0.25) is 0 Å². The molecule has 0 bridgehead atoms. The van der Waals surface area contributed by atoms with Crippen LogP contribution in [0.3, 0.4) is 0 Å². The van der Waals surface area contributed by atoms with Gasteiger partial charge in [-0.15, -0.1) is 5.10 Å². The van der Waals surface area contributed by atoms with Crippen molar-refractivity contribution in [3.05, 3.63) is 23.5 Å². The smallest absolute Gasteiger partial charge is 0.274 e. The van der Waals surface area contributed by atoms with Crippen molar-refractivity contribution >= 4 is 5.91 Å². The molecule has 1 fully saturated rings. The van der Waals surface area contributed by atoms with Crippen molar-refractivity contribution < 1.29 is 4.79 Å². The molecule has 0 radical (unpaired) electrons. The van der Waals surface area contributed by atoms with Crippen molar-refractivity contribution in [2.75, 3.05) is 13.1 Å². The van der Waals surface area contributed by atoms with E-state index in [0.717, 1.165) is 31.6 Å². The molecule has 0 N–H and O–H groups in total. The fraction of sp³-hybridized carbons (Fsp3) is 0.643. The second kappa shape index (κ2) is 5.94. The van der Waals surface area contributed by atoms with E-state index < -0.39 is 0 Å². The minimum absolute atomic E-state index is 0.00791. The summed E-state index contributed by atoms with van der Waals surface area (Å²) in [7, 11) is 0. The number of aromatic nitrogens is 2. The molecule has 0 spiro atoms. The van der Waals surface area contributed by atoms with E-state index in [1.807, 2.05) is 17.0 Å². The Labute approximate surface area is 108 Å². The van der Waals surface area contributed by atoms with Gasteiger partial charge in [0.2, 0.25) is 0 Å². The molecule has 98 valence electrons. The molecule has 0 aliphatic heterocycles. The van der Waals surface area contributed by atoms with Gasteiger partial charge >= 0.3 is 0 Å². The zero-order valence-electron chi connectivity index (χ0n) is 11.2. The van der Waals surface area contributed by atoms with Gasteiger partial charge in [-0.2, -0.15) is 5.10 Å². The van der Waals surface area contributed by atoms with Gasteiger partial charge in [0.15, 0.2) is 5.69 Å². The predicted molar refractivity (Wildman–Crippen MR) is 70.5 cm³/mol. The summed E-state index contributed by atoms with van der Waals surface area (Å²) in [5.41, 5.74) is 1.50. The predicted octanol–water partition coefficient (Wildman–Crippen LogP) is 2.62. The van der Waals surface area contributed by atoms with Crippen LogP contribution in [0.1, 0.15) is 61.6 Å². The molecular formula is C14H21N3O. The van der Waals surface area contributed by atoms with Crippen LogP contribution in [-0.4, -0.2) is 34.1 Å². The first-order valence-electron chi connectivity index (χ1n) is 6.89. The van der Waals surface area contributed by atoms with E-state index in [-0.39, 0.29) is 5.91 Å². The van der Waals surface area contributed by atoms with Gasteiger partial charge in [-0.05, 0) is 37.8 Å². The summed E-state index contributed by atoms with van der Waals surface area (Å²) < 4.78 is 0. The monoisotopic (exact) mass is 247 g/mol. The number of rotatable bonds is 6. The Morgan fingerprint density at radius 2 is 1.89 bits per heavy atom. The summed E-state index contributed by atoms with van der Waals surface area (Å²) in [4.78, 5) is 14.1. The third-order valence-corrected chi connectivity index (χ3v) is 3.17. The second-order valence-electron chi connectivity index (χ2n) is 4.91. The fourth-order valence-electron chi connectivity index (χ4n) is 2.07. The van der Waals surface area contributed by atoms with Gasteiger partial charge in [0.05, 0.1) is 5.69 Å². The number of hydrogen-bond acceptors (Lipinski definition) is 3. The Hall–Kier alpha value is -1.45. The molecule has 0 unspecified atom stereocenters. The largest absolute Gasteiger partial charge is 0.337 e. The molecule has 1 heterocycles. The van der Waals surface area contributed by atoms with E-state index in [2.05, 4.69) is 24.0 Å². The third kappa shape index (κ3) is 3.06. The maximum atomic E-state index is 12.2. The summed E-state index contributed by atoms with van der Waals surface area (Å²) in [6.45, 7) is 5.74. The van der Waals surface area contributed by atoms with Crippen LogP contribution in [0.15, 0.2) is 12.1 Å². The first kappa shape index (κ1) is 13.0. The summed E-state index contributed by atoms with van der Waals surface area (Å²) in [6, 6.07) is 3.77. The van der Waals surface area contributed by atoms with Gasteiger partial charge < -0.3 is 4.90 Å². The molecule has 4 nitrogen and oxygen atoms in total. The van der Waals surface area contributed by atoms with Gasteiger partial charge in [-0.1, -0.05) is 13.8 Å². The minimum atomic E-state index is 0.00791. The lowest BCUT2D eigenvalue weighted by molar-refractivity contribution is 0.0748. The van der Waals surface area contributed by atoms with E-state index in [4.69, 9.17) is 0 Å². The molecule has 2 rings (SSSR count). The second-order valence-corrected chi connectivity index (χ2v) is 4.91. The molecule has 0 saturated heterocycles. The van der Waals surface area contributed by atoms with Gasteiger partial charge in [-0.3, -0.25) is 4.79 Å². The van der Waals surface area contributed by atoms with Crippen LogP contribution >= 0.6 is 0 Å². The number of carbonyl (C=O) groups excluding carboxylic acids is 1. The van der Waals surface area contributed by atoms with Crippen LogP contribution in [0.25, 0.3) is 0 Å². The van der Waals surface area contributed by atoms with Crippen LogP contribution < -0.4 is 0 Å². The number of amides is 1. The fourth-order valence-corrected chi connectivity index (χ4v) is 2.07. The highest BCUT2D eigenvalue weighted by atomic mass is 16.2. The topological polar surface area (TPSA) is 46.1 Å². The minimum Gasteiger partial charge on any atom is -0.337 e. The van der Waals surface area contributed by atoms with Gasteiger partial charge in [0.25, 0.3) is 5.91 Å². The maximum Gasteiger partial charge on any atom is 0.274 e. The van der Waals surface area contributed by atoms with Gasteiger partial charge in [-0.25, -0.2) is 0 Å². The molecule has 0 aromatic carbocycles. The lowest BCUT2D eigenvalue weighted by atomic mass is 10.2. The Balaban J connectivity index is 2.05. The summed E-state index contributed by atoms with van der Waals surface area (Å²) >= 11 is 0.